The van der Waals surface area contributed by atoms with Crippen molar-refractivity contribution in [2.75, 3.05) is 11.9 Å². The van der Waals surface area contributed by atoms with Crippen LogP contribution < -0.4 is 5.32 Å². The van der Waals surface area contributed by atoms with Crippen molar-refractivity contribution in [2.24, 2.45) is 5.92 Å². The van der Waals surface area contributed by atoms with Gasteiger partial charge in [-0.15, -0.1) is 11.3 Å². The van der Waals surface area contributed by atoms with Crippen molar-refractivity contribution in [2.45, 2.75) is 38.5 Å². The summed E-state index contributed by atoms with van der Waals surface area (Å²) in [5.74, 6) is -0.225. The summed E-state index contributed by atoms with van der Waals surface area (Å²) in [5, 5.41) is 15.5. The molecule has 8 nitrogen and oxygen atoms in total. The highest BCUT2D eigenvalue weighted by atomic mass is 32.1. The van der Waals surface area contributed by atoms with Crippen molar-refractivity contribution in [1.29, 1.82) is 0 Å². The molecule has 28 heavy (non-hydrogen) atoms. The van der Waals surface area contributed by atoms with E-state index in [4.69, 9.17) is 4.74 Å². The minimum Gasteiger partial charge on any atom is -0.456 e. The van der Waals surface area contributed by atoms with Gasteiger partial charge in [0.2, 0.25) is 0 Å². The lowest BCUT2D eigenvalue weighted by atomic mass is 10.0. The maximum Gasteiger partial charge on any atom is 0.306 e. The zero-order valence-corrected chi connectivity index (χ0v) is 16.1. The van der Waals surface area contributed by atoms with Crippen molar-refractivity contribution >= 4 is 34.0 Å². The van der Waals surface area contributed by atoms with Gasteiger partial charge in [-0.2, -0.15) is 0 Å². The van der Waals surface area contributed by atoms with Crippen LogP contribution in [0.15, 0.2) is 29.6 Å². The van der Waals surface area contributed by atoms with Gasteiger partial charge in [0.15, 0.2) is 11.7 Å². The first-order chi connectivity index (χ1) is 13.5. The first kappa shape index (κ1) is 19.9. The van der Waals surface area contributed by atoms with E-state index in [9.17, 15) is 19.7 Å². The van der Waals surface area contributed by atoms with Gasteiger partial charge < -0.3 is 4.74 Å². The molecule has 1 heterocycles. The van der Waals surface area contributed by atoms with Crippen LogP contribution in [-0.2, 0) is 14.3 Å². The lowest BCUT2D eigenvalue weighted by Crippen LogP contribution is -2.21. The molecule has 0 unspecified atom stereocenters. The summed E-state index contributed by atoms with van der Waals surface area (Å²) < 4.78 is 5.02. The molecule has 148 valence electrons. The average Bonchev–Trinajstić information content (AvgIpc) is 3.37. The first-order valence-electron chi connectivity index (χ1n) is 9.17. The number of hydrogen-bond donors (Lipinski definition) is 1. The topological polar surface area (TPSA) is 111 Å². The van der Waals surface area contributed by atoms with E-state index in [1.54, 1.807) is 17.5 Å². The van der Waals surface area contributed by atoms with Gasteiger partial charge in [0.25, 0.3) is 11.6 Å². The number of carbonyl (C=O) groups excluding carboxylic acids is 2. The van der Waals surface area contributed by atoms with Crippen LogP contribution in [0.5, 0.6) is 0 Å². The van der Waals surface area contributed by atoms with Gasteiger partial charge in [-0.25, -0.2) is 4.98 Å². The summed E-state index contributed by atoms with van der Waals surface area (Å²) in [5.41, 5.74) is 1.09. The van der Waals surface area contributed by atoms with E-state index in [-0.39, 0.29) is 18.3 Å². The van der Waals surface area contributed by atoms with Gasteiger partial charge in [0, 0.05) is 29.5 Å². The van der Waals surface area contributed by atoms with Crippen LogP contribution >= 0.6 is 11.3 Å². The number of nitro benzene ring substituents is 1. The number of non-ortho nitro benzene ring substituents is 1. The second-order valence-electron chi connectivity index (χ2n) is 6.74. The zero-order chi connectivity index (χ0) is 19.9. The molecule has 9 heteroatoms. The van der Waals surface area contributed by atoms with Crippen LogP contribution in [0.1, 0.15) is 38.5 Å². The second kappa shape index (κ2) is 9.41. The zero-order valence-electron chi connectivity index (χ0n) is 15.3. The Morgan fingerprint density at radius 3 is 2.86 bits per heavy atom. The molecule has 1 amide bonds. The highest BCUT2D eigenvalue weighted by Crippen LogP contribution is 2.29. The molecule has 1 aromatic carbocycles. The Hall–Kier alpha value is -2.81. The van der Waals surface area contributed by atoms with Crippen LogP contribution in [0.3, 0.4) is 0 Å². The molecule has 1 N–H and O–H groups in total. The molecule has 0 atom stereocenters. The monoisotopic (exact) mass is 403 g/mol. The maximum atomic E-state index is 12.0. The van der Waals surface area contributed by atoms with E-state index in [1.165, 1.54) is 49.2 Å². The van der Waals surface area contributed by atoms with Crippen molar-refractivity contribution in [3.63, 3.8) is 0 Å². The quantitative estimate of drug-likeness (QED) is 0.402. The summed E-state index contributed by atoms with van der Waals surface area (Å²) >= 11 is 1.19. The molecule has 1 aliphatic carbocycles. The number of thiazole rings is 1. The van der Waals surface area contributed by atoms with E-state index in [0.29, 0.717) is 28.7 Å². The van der Waals surface area contributed by atoms with Crippen LogP contribution in [0.2, 0.25) is 0 Å². The van der Waals surface area contributed by atoms with Crippen LogP contribution in [0, 0.1) is 16.0 Å². The third kappa shape index (κ3) is 5.59. The summed E-state index contributed by atoms with van der Waals surface area (Å²) in [4.78, 5) is 38.4. The van der Waals surface area contributed by atoms with Crippen molar-refractivity contribution in [1.82, 2.24) is 4.98 Å². The summed E-state index contributed by atoms with van der Waals surface area (Å²) in [6.45, 7) is -0.352. The minimum atomic E-state index is -0.473. The molecule has 1 saturated carbocycles. The van der Waals surface area contributed by atoms with E-state index in [1.807, 2.05) is 0 Å². The van der Waals surface area contributed by atoms with Crippen molar-refractivity contribution < 1.29 is 19.2 Å². The number of ether oxygens (including phenoxy) is 1. The average molecular weight is 403 g/mol. The van der Waals surface area contributed by atoms with Gasteiger partial charge in [-0.1, -0.05) is 37.8 Å². The molecule has 0 aliphatic heterocycles. The number of amides is 1. The Balaban J connectivity index is 1.46. The standard InChI is InChI=1S/C19H21N3O5S/c23-17(11-27-18(24)9-8-13-4-1-2-5-13)21-19-20-16(12-28-19)14-6-3-7-15(10-14)22(25)26/h3,6-7,10,12-13H,1-2,4-5,8-9,11H2,(H,20,21,23). The number of esters is 1. The highest BCUT2D eigenvalue weighted by molar-refractivity contribution is 7.14. The molecule has 2 aromatic rings. The molecule has 3 rings (SSSR count). The van der Waals surface area contributed by atoms with Gasteiger partial charge in [-0.05, 0) is 12.3 Å². The Morgan fingerprint density at radius 1 is 1.32 bits per heavy atom. The van der Waals surface area contributed by atoms with Crippen LogP contribution in [0.4, 0.5) is 10.8 Å². The maximum absolute atomic E-state index is 12.0. The van der Waals surface area contributed by atoms with Crippen molar-refractivity contribution in [3.8, 4) is 11.3 Å². The summed E-state index contributed by atoms with van der Waals surface area (Å²) in [6, 6.07) is 6.11. The van der Waals surface area contributed by atoms with Gasteiger partial charge >= 0.3 is 5.97 Å². The molecular weight excluding hydrogens is 382 g/mol. The molecule has 1 fully saturated rings. The third-order valence-electron chi connectivity index (χ3n) is 4.70. The number of carbonyl (C=O) groups is 2. The van der Waals surface area contributed by atoms with E-state index >= 15 is 0 Å². The Morgan fingerprint density at radius 2 is 2.11 bits per heavy atom. The Bertz CT molecular complexity index is 861. The van der Waals surface area contributed by atoms with Gasteiger partial charge in [0.1, 0.15) is 0 Å². The molecule has 0 saturated heterocycles. The summed E-state index contributed by atoms with van der Waals surface area (Å²) in [7, 11) is 0. The number of hydrogen-bond acceptors (Lipinski definition) is 7. The SMILES string of the molecule is O=C(COC(=O)CCC1CCCC1)Nc1nc(-c2cccc([N+](=O)[O-])c2)cs1. The molecular formula is C19H21N3O5S. The van der Waals surface area contributed by atoms with Crippen molar-refractivity contribution in [3.05, 3.63) is 39.8 Å². The fourth-order valence-corrected chi connectivity index (χ4v) is 3.97. The molecule has 1 aromatic heterocycles. The molecule has 0 spiro atoms. The Labute approximate surface area is 166 Å². The number of anilines is 1. The predicted octanol–water partition coefficient (Wildman–Crippen LogP) is 4.17. The Kier molecular flexibility index (Phi) is 6.70. The lowest BCUT2D eigenvalue weighted by molar-refractivity contribution is -0.384. The van der Waals surface area contributed by atoms with Crippen LogP contribution in [-0.4, -0.2) is 28.4 Å². The molecule has 0 bridgehead atoms. The van der Waals surface area contributed by atoms with Crippen LogP contribution in [0.25, 0.3) is 11.3 Å². The number of nitro groups is 1. The normalized spacial score (nSPS) is 14.0. The summed E-state index contributed by atoms with van der Waals surface area (Å²) in [6.07, 6.45) is 5.96. The fraction of sp³-hybridized carbons (Fsp3) is 0.421. The van der Waals surface area contributed by atoms with E-state index < -0.39 is 10.8 Å². The second-order valence-corrected chi connectivity index (χ2v) is 7.60. The van der Waals surface area contributed by atoms with Gasteiger partial charge in [0.05, 0.1) is 10.6 Å². The minimum absolute atomic E-state index is 0.0272. The fourth-order valence-electron chi connectivity index (χ4n) is 3.24. The smallest absolute Gasteiger partial charge is 0.306 e. The lowest BCUT2D eigenvalue weighted by Gasteiger charge is -2.08. The molecule has 1 aliphatic rings. The highest BCUT2D eigenvalue weighted by Gasteiger charge is 2.17. The number of aromatic nitrogens is 1. The molecule has 0 radical (unpaired) electrons. The number of benzene rings is 1. The number of nitrogens with zero attached hydrogens (tertiary/aromatic N) is 2. The third-order valence-corrected chi connectivity index (χ3v) is 5.46. The largest absolute Gasteiger partial charge is 0.456 e. The van der Waals surface area contributed by atoms with E-state index in [0.717, 1.165) is 6.42 Å². The number of rotatable bonds is 8. The number of nitrogens with one attached hydrogen (secondary N) is 1. The first-order valence-corrected chi connectivity index (χ1v) is 10.0. The van der Waals surface area contributed by atoms with Gasteiger partial charge in [-0.3, -0.25) is 25.0 Å². The predicted molar refractivity (Wildman–Crippen MR) is 105 cm³/mol. The van der Waals surface area contributed by atoms with E-state index in [2.05, 4.69) is 10.3 Å².